The molecule has 2 aromatic rings. The van der Waals surface area contributed by atoms with Crippen LogP contribution in [0.5, 0.6) is 0 Å². The molecule has 5 heteroatoms. The quantitative estimate of drug-likeness (QED) is 0.936. The normalized spacial score (nSPS) is 18.8. The number of rotatable bonds is 3. The van der Waals surface area contributed by atoms with Gasteiger partial charge in [0.2, 0.25) is 0 Å². The molecule has 5 nitrogen and oxygen atoms in total. The molecule has 2 amide bonds. The lowest BCUT2D eigenvalue weighted by atomic mass is 10.0. The highest BCUT2D eigenvalue weighted by molar-refractivity contribution is 6.08. The third kappa shape index (κ3) is 2.65. The predicted octanol–water partition coefficient (Wildman–Crippen LogP) is 3.34. The predicted molar refractivity (Wildman–Crippen MR) is 97.9 cm³/mol. The molecule has 1 N–H and O–H groups in total. The van der Waals surface area contributed by atoms with Crippen molar-refractivity contribution in [1.29, 1.82) is 0 Å². The van der Waals surface area contributed by atoms with Crippen LogP contribution in [-0.4, -0.2) is 36.0 Å². The second-order valence-corrected chi connectivity index (χ2v) is 6.46. The van der Waals surface area contributed by atoms with E-state index in [0.29, 0.717) is 11.1 Å². The summed E-state index contributed by atoms with van der Waals surface area (Å²) in [7, 11) is 0. The van der Waals surface area contributed by atoms with Crippen molar-refractivity contribution in [3.63, 3.8) is 0 Å². The van der Waals surface area contributed by atoms with Gasteiger partial charge in [0.05, 0.1) is 11.3 Å². The van der Waals surface area contributed by atoms with Gasteiger partial charge in [0.15, 0.2) is 0 Å². The van der Waals surface area contributed by atoms with Gasteiger partial charge in [-0.2, -0.15) is 0 Å². The molecule has 25 heavy (non-hydrogen) atoms. The maximum atomic E-state index is 12.7. The number of anilines is 2. The maximum Gasteiger partial charge on any atom is 0.257 e. The first-order chi connectivity index (χ1) is 12.2. The molecule has 2 heterocycles. The molecule has 1 saturated heterocycles. The Balaban J connectivity index is 1.67. The van der Waals surface area contributed by atoms with Gasteiger partial charge < -0.3 is 15.1 Å². The molecule has 0 aliphatic carbocycles. The van der Waals surface area contributed by atoms with Crippen LogP contribution in [-0.2, 0) is 0 Å². The summed E-state index contributed by atoms with van der Waals surface area (Å²) in [6.45, 7) is 3.72. The molecular weight excluding hydrogens is 314 g/mol. The first-order valence-electron chi connectivity index (χ1n) is 8.77. The monoisotopic (exact) mass is 335 g/mol. The van der Waals surface area contributed by atoms with Gasteiger partial charge in [-0.1, -0.05) is 18.2 Å². The Morgan fingerprint density at radius 3 is 2.76 bits per heavy atom. The average Bonchev–Trinajstić information content (AvgIpc) is 3.12. The molecule has 0 bridgehead atoms. The van der Waals surface area contributed by atoms with Crippen LogP contribution in [0.25, 0.3) is 0 Å². The number of carbonyl (C=O) groups is 2. The van der Waals surface area contributed by atoms with Gasteiger partial charge in [-0.25, -0.2) is 0 Å². The smallest absolute Gasteiger partial charge is 0.257 e. The third-order valence-electron chi connectivity index (χ3n) is 5.01. The Morgan fingerprint density at radius 2 is 2.00 bits per heavy atom. The van der Waals surface area contributed by atoms with E-state index in [1.54, 1.807) is 12.1 Å². The summed E-state index contributed by atoms with van der Waals surface area (Å²) in [6, 6.07) is 14.8. The van der Waals surface area contributed by atoms with E-state index in [1.807, 2.05) is 41.3 Å². The molecule has 0 unspecified atom stereocenters. The molecule has 0 spiro atoms. The maximum absolute atomic E-state index is 12.7. The number of nitrogens with zero attached hydrogens (tertiary/aromatic N) is 2. The third-order valence-corrected chi connectivity index (χ3v) is 5.01. The summed E-state index contributed by atoms with van der Waals surface area (Å²) in [5, 5.41) is 2.90. The molecule has 128 valence electrons. The van der Waals surface area contributed by atoms with E-state index in [-0.39, 0.29) is 18.0 Å². The lowest BCUT2D eigenvalue weighted by Crippen LogP contribution is -2.52. The van der Waals surface area contributed by atoms with Gasteiger partial charge in [-0.15, -0.1) is 0 Å². The van der Waals surface area contributed by atoms with E-state index in [2.05, 4.69) is 17.1 Å². The molecular formula is C20H21N3O2. The lowest BCUT2D eigenvalue weighted by Gasteiger charge is -2.41. The van der Waals surface area contributed by atoms with Gasteiger partial charge in [0, 0.05) is 24.3 Å². The summed E-state index contributed by atoms with van der Waals surface area (Å²) in [4.78, 5) is 29.5. The van der Waals surface area contributed by atoms with Crippen molar-refractivity contribution in [2.75, 3.05) is 23.3 Å². The fourth-order valence-electron chi connectivity index (χ4n) is 3.82. The minimum absolute atomic E-state index is 0.0808. The Kier molecular flexibility index (Phi) is 3.92. The molecule has 1 fully saturated rings. The highest BCUT2D eigenvalue weighted by Crippen LogP contribution is 2.36. The number of amides is 2. The summed E-state index contributed by atoms with van der Waals surface area (Å²) >= 11 is 0. The van der Waals surface area contributed by atoms with Crippen molar-refractivity contribution in [2.45, 2.75) is 25.9 Å². The van der Waals surface area contributed by atoms with Crippen molar-refractivity contribution < 1.29 is 9.59 Å². The lowest BCUT2D eigenvalue weighted by molar-refractivity contribution is 0.0715. The Labute approximate surface area is 147 Å². The van der Waals surface area contributed by atoms with Crippen LogP contribution in [0.4, 0.5) is 11.4 Å². The summed E-state index contributed by atoms with van der Waals surface area (Å²) < 4.78 is 0. The highest BCUT2D eigenvalue weighted by Gasteiger charge is 2.39. The number of fused-ring (bicyclic) bond motifs is 2. The first-order valence-corrected chi connectivity index (χ1v) is 8.77. The van der Waals surface area contributed by atoms with Gasteiger partial charge in [-0.05, 0) is 50.1 Å². The summed E-state index contributed by atoms with van der Waals surface area (Å²) in [5.41, 5.74) is 2.89. The van der Waals surface area contributed by atoms with Crippen molar-refractivity contribution >= 4 is 23.2 Å². The Morgan fingerprint density at radius 1 is 1.20 bits per heavy atom. The van der Waals surface area contributed by atoms with Gasteiger partial charge >= 0.3 is 0 Å². The second-order valence-electron chi connectivity index (χ2n) is 6.46. The number of hydrogen-bond donors (Lipinski definition) is 1. The summed E-state index contributed by atoms with van der Waals surface area (Å²) in [5.74, 6) is -0.0800. The van der Waals surface area contributed by atoms with Crippen molar-refractivity contribution in [3.05, 3.63) is 59.7 Å². The van der Waals surface area contributed by atoms with Crippen LogP contribution < -0.4 is 10.2 Å². The van der Waals surface area contributed by atoms with E-state index in [4.69, 9.17) is 0 Å². The van der Waals surface area contributed by atoms with Crippen LogP contribution in [0.1, 0.15) is 40.5 Å². The van der Waals surface area contributed by atoms with Crippen molar-refractivity contribution in [3.8, 4) is 0 Å². The minimum Gasteiger partial charge on any atom is -0.351 e. The van der Waals surface area contributed by atoms with Gasteiger partial charge in [-0.3, -0.25) is 9.59 Å². The SMILES string of the molecule is CCN1c2cc(C(=O)Nc3ccccc3)ccc2C(=O)N2CCC[C@H]21. The van der Waals surface area contributed by atoms with Crippen LogP contribution in [0.15, 0.2) is 48.5 Å². The highest BCUT2D eigenvalue weighted by atomic mass is 16.2. The minimum atomic E-state index is -0.161. The number of hydrogen-bond acceptors (Lipinski definition) is 3. The number of para-hydroxylation sites is 1. The average molecular weight is 335 g/mol. The zero-order valence-electron chi connectivity index (χ0n) is 14.2. The molecule has 2 aliphatic heterocycles. The summed E-state index contributed by atoms with van der Waals surface area (Å²) in [6.07, 6.45) is 2.14. The zero-order valence-corrected chi connectivity index (χ0v) is 14.2. The van der Waals surface area contributed by atoms with E-state index in [0.717, 1.165) is 37.3 Å². The van der Waals surface area contributed by atoms with Crippen LogP contribution >= 0.6 is 0 Å². The number of nitrogens with one attached hydrogen (secondary N) is 1. The first kappa shape index (κ1) is 15.7. The fourth-order valence-corrected chi connectivity index (χ4v) is 3.82. The zero-order chi connectivity index (χ0) is 17.4. The molecule has 0 aromatic heterocycles. The Bertz CT molecular complexity index is 819. The Hall–Kier alpha value is -2.82. The number of carbonyl (C=O) groups excluding carboxylic acids is 2. The van der Waals surface area contributed by atoms with Crippen molar-refractivity contribution in [1.82, 2.24) is 4.90 Å². The van der Waals surface area contributed by atoms with E-state index in [9.17, 15) is 9.59 Å². The second kappa shape index (κ2) is 6.24. The standard InChI is InChI=1S/C20H21N3O2/c1-2-22-17-13-14(19(24)21-15-7-4-3-5-8-15)10-11-16(17)20(25)23-12-6-9-18(22)23/h3-5,7-8,10-11,13,18H,2,6,9,12H2,1H3,(H,21,24)/t18-/m0/s1. The molecule has 0 radical (unpaired) electrons. The molecule has 4 rings (SSSR count). The van der Waals surface area contributed by atoms with Gasteiger partial charge in [0.25, 0.3) is 11.8 Å². The fraction of sp³-hybridized carbons (Fsp3) is 0.300. The molecule has 1 atom stereocenters. The van der Waals surface area contributed by atoms with Crippen molar-refractivity contribution in [2.24, 2.45) is 0 Å². The number of benzene rings is 2. The van der Waals surface area contributed by atoms with E-state index >= 15 is 0 Å². The van der Waals surface area contributed by atoms with Crippen LogP contribution in [0.2, 0.25) is 0 Å². The van der Waals surface area contributed by atoms with E-state index < -0.39 is 0 Å². The topological polar surface area (TPSA) is 52.7 Å². The molecule has 0 saturated carbocycles. The molecule has 2 aliphatic rings. The largest absolute Gasteiger partial charge is 0.351 e. The van der Waals surface area contributed by atoms with Crippen LogP contribution in [0, 0.1) is 0 Å². The molecule has 2 aromatic carbocycles. The van der Waals surface area contributed by atoms with E-state index in [1.165, 1.54) is 0 Å². The van der Waals surface area contributed by atoms with Gasteiger partial charge in [0.1, 0.15) is 6.17 Å². The van der Waals surface area contributed by atoms with Crippen LogP contribution in [0.3, 0.4) is 0 Å².